The number of ether oxygens (including phenoxy) is 1. The number of nitrogens with zero attached hydrogens (tertiary/aromatic N) is 3. The Hall–Kier alpha value is -4.42. The second-order valence-corrected chi connectivity index (χ2v) is 11.9. The van der Waals surface area contributed by atoms with Gasteiger partial charge in [-0.3, -0.25) is 24.0 Å². The Morgan fingerprint density at radius 1 is 1.20 bits per heavy atom. The molecular formula is C28H30F4N6O6. The van der Waals surface area contributed by atoms with Crippen LogP contribution in [0.15, 0.2) is 12.1 Å². The Morgan fingerprint density at radius 3 is 2.41 bits per heavy atom. The number of carbonyl (C=O) groups is 5. The van der Waals surface area contributed by atoms with Crippen LogP contribution in [-0.2, 0) is 24.0 Å². The molecule has 1 aromatic carbocycles. The van der Waals surface area contributed by atoms with Gasteiger partial charge in [0.2, 0.25) is 23.3 Å². The van der Waals surface area contributed by atoms with Gasteiger partial charge >= 0.3 is 12.1 Å². The third-order valence-electron chi connectivity index (χ3n) is 8.56. The summed E-state index contributed by atoms with van der Waals surface area (Å²) >= 11 is 0. The van der Waals surface area contributed by atoms with Crippen molar-refractivity contribution >= 4 is 35.2 Å². The number of halogens is 4. The Labute approximate surface area is 248 Å². The van der Waals surface area contributed by atoms with Crippen molar-refractivity contribution in [2.45, 2.75) is 74.8 Å². The van der Waals surface area contributed by atoms with Gasteiger partial charge in [0.05, 0.1) is 18.2 Å². The number of hydrogen-bond donors (Lipinski definition) is 3. The topological polar surface area (TPSA) is 175 Å². The summed E-state index contributed by atoms with van der Waals surface area (Å²) in [4.78, 5) is 67.2. The number of anilines is 1. The zero-order chi connectivity index (χ0) is 32.1. The maximum absolute atomic E-state index is 14.6. The van der Waals surface area contributed by atoms with Crippen molar-refractivity contribution in [2.24, 2.45) is 17.6 Å². The van der Waals surface area contributed by atoms with Crippen molar-refractivity contribution in [2.75, 3.05) is 18.9 Å². The van der Waals surface area contributed by atoms with Crippen LogP contribution in [0.4, 0.5) is 23.2 Å². The molecule has 4 aliphatic rings. The second-order valence-electron chi connectivity index (χ2n) is 11.9. The lowest BCUT2D eigenvalue weighted by atomic mass is 9.96. The molecule has 3 fully saturated rings. The third kappa shape index (κ3) is 6.13. The van der Waals surface area contributed by atoms with E-state index in [-0.39, 0.29) is 41.7 Å². The van der Waals surface area contributed by atoms with Gasteiger partial charge in [0.25, 0.3) is 5.91 Å². The minimum absolute atomic E-state index is 0.0166. The number of alkyl halides is 3. The number of amides is 5. The summed E-state index contributed by atoms with van der Waals surface area (Å²) < 4.78 is 59.6. The van der Waals surface area contributed by atoms with Crippen LogP contribution in [0.5, 0.6) is 5.75 Å². The highest BCUT2D eigenvalue weighted by molar-refractivity contribution is 6.04. The molecule has 44 heavy (non-hydrogen) atoms. The van der Waals surface area contributed by atoms with Crippen LogP contribution in [0, 0.1) is 29.0 Å². The number of nitriles is 1. The highest BCUT2D eigenvalue weighted by atomic mass is 19.4. The van der Waals surface area contributed by atoms with Gasteiger partial charge in [-0.15, -0.1) is 0 Å². The monoisotopic (exact) mass is 622 g/mol. The van der Waals surface area contributed by atoms with Crippen LogP contribution in [0.3, 0.4) is 0 Å². The van der Waals surface area contributed by atoms with Crippen molar-refractivity contribution in [3.8, 4) is 11.8 Å². The third-order valence-corrected chi connectivity index (χ3v) is 8.56. The number of likely N-dealkylation sites (tertiary alicyclic amines) is 1. The molecule has 0 radical (unpaired) electrons. The molecule has 5 amide bonds. The molecule has 2 heterocycles. The van der Waals surface area contributed by atoms with E-state index < -0.39 is 78.2 Å². The average molecular weight is 623 g/mol. The van der Waals surface area contributed by atoms with E-state index in [0.29, 0.717) is 12.8 Å². The number of nitrogens with one attached hydrogen (secondary N) is 2. The number of primary amides is 1. The SMILES string of the molecule is CN(C(=O)C(CC1CC1)NC(=O)C(F)(F)F)C(CC1CC1)C(=O)N1C[C@@]2(C[C@H]1C(N)=O)Oc1cc(C#N)cc(F)c1NC2=O. The summed E-state index contributed by atoms with van der Waals surface area (Å²) in [6, 6.07) is -0.329. The lowest BCUT2D eigenvalue weighted by Crippen LogP contribution is -2.58. The van der Waals surface area contributed by atoms with Crippen molar-refractivity contribution < 1.29 is 46.3 Å². The van der Waals surface area contributed by atoms with Crippen LogP contribution in [0.25, 0.3) is 0 Å². The minimum atomic E-state index is -5.22. The number of nitrogens with two attached hydrogens (primary N) is 1. The maximum atomic E-state index is 14.6. The largest absolute Gasteiger partial charge is 0.473 e. The highest BCUT2D eigenvalue weighted by Crippen LogP contribution is 2.43. The quantitative estimate of drug-likeness (QED) is 0.348. The smallest absolute Gasteiger partial charge is 0.471 e. The molecule has 236 valence electrons. The van der Waals surface area contributed by atoms with Crippen molar-refractivity contribution in [3.63, 3.8) is 0 Å². The summed E-state index contributed by atoms with van der Waals surface area (Å²) in [5, 5.41) is 13.4. The molecule has 4 atom stereocenters. The van der Waals surface area contributed by atoms with Crippen LogP contribution in [0.2, 0.25) is 0 Å². The van der Waals surface area contributed by atoms with Crippen LogP contribution >= 0.6 is 0 Å². The molecule has 2 saturated carbocycles. The van der Waals surface area contributed by atoms with E-state index in [9.17, 15) is 46.8 Å². The molecule has 2 unspecified atom stereocenters. The molecule has 16 heteroatoms. The van der Waals surface area contributed by atoms with Crippen molar-refractivity contribution in [1.29, 1.82) is 5.26 Å². The first kappa shape index (κ1) is 31.0. The van der Waals surface area contributed by atoms with Gasteiger partial charge < -0.3 is 30.9 Å². The number of fused-ring (bicyclic) bond motifs is 1. The van der Waals surface area contributed by atoms with E-state index in [1.54, 1.807) is 11.4 Å². The molecule has 12 nitrogen and oxygen atoms in total. The standard InChI is InChI=1S/C28H30F4N6O6/c1-37(23(40)17(7-13-2-3-13)35-26(43)28(30,31)32)18(8-14-4-5-14)24(41)38-12-27(10-19(38)22(34)39)25(42)36-21-16(29)6-15(11-33)9-20(21)44-27/h6,9,13-14,17-19H,2-5,7-8,10,12H2,1H3,(H2,34,39)(H,35,43)(H,36,42)/t17?,18?,19-,27+/m0/s1. The fourth-order valence-corrected chi connectivity index (χ4v) is 5.76. The Morgan fingerprint density at radius 2 is 1.84 bits per heavy atom. The van der Waals surface area contributed by atoms with Crippen LogP contribution in [0.1, 0.15) is 50.5 Å². The van der Waals surface area contributed by atoms with Crippen molar-refractivity contribution in [3.05, 3.63) is 23.5 Å². The van der Waals surface area contributed by atoms with Crippen molar-refractivity contribution in [1.82, 2.24) is 15.1 Å². The molecule has 2 aliphatic carbocycles. The van der Waals surface area contributed by atoms with E-state index in [2.05, 4.69) is 5.32 Å². The van der Waals surface area contributed by atoms with Crippen LogP contribution < -0.4 is 21.1 Å². The Kier molecular flexibility index (Phi) is 7.93. The van der Waals surface area contributed by atoms with Gasteiger partial charge in [-0.25, -0.2) is 4.39 Å². The predicted octanol–water partition coefficient (Wildman–Crippen LogP) is 1.33. The molecule has 4 N–H and O–H groups in total. The predicted molar refractivity (Wildman–Crippen MR) is 142 cm³/mol. The molecule has 0 bridgehead atoms. The van der Waals surface area contributed by atoms with Gasteiger partial charge in [-0.05, 0) is 30.7 Å². The number of carbonyl (C=O) groups excluding carboxylic acids is 5. The minimum Gasteiger partial charge on any atom is -0.473 e. The summed E-state index contributed by atoms with van der Waals surface area (Å²) in [6.45, 7) is -0.525. The summed E-state index contributed by atoms with van der Waals surface area (Å²) in [7, 11) is 1.24. The first-order valence-electron chi connectivity index (χ1n) is 14.1. The lowest BCUT2D eigenvalue weighted by molar-refractivity contribution is -0.175. The van der Waals surface area contributed by atoms with E-state index >= 15 is 0 Å². The maximum Gasteiger partial charge on any atom is 0.471 e. The van der Waals surface area contributed by atoms with Gasteiger partial charge in [0.15, 0.2) is 5.82 Å². The first-order chi connectivity index (χ1) is 20.6. The zero-order valence-corrected chi connectivity index (χ0v) is 23.6. The normalized spacial score (nSPS) is 24.0. The Bertz CT molecular complexity index is 1450. The Balaban J connectivity index is 1.42. The zero-order valence-electron chi connectivity index (χ0n) is 23.6. The van der Waals surface area contributed by atoms with E-state index in [0.717, 1.165) is 28.7 Å². The molecule has 1 spiro atoms. The highest BCUT2D eigenvalue weighted by Gasteiger charge is 2.58. The number of likely N-dealkylation sites (N-methyl/N-ethyl adjacent to an activating group) is 1. The van der Waals surface area contributed by atoms with E-state index in [4.69, 9.17) is 10.5 Å². The molecule has 0 aromatic heterocycles. The molecule has 2 aliphatic heterocycles. The van der Waals surface area contributed by atoms with E-state index in [1.807, 2.05) is 0 Å². The lowest BCUT2D eigenvalue weighted by Gasteiger charge is -2.36. The van der Waals surface area contributed by atoms with Gasteiger partial charge in [0.1, 0.15) is 29.6 Å². The fraction of sp³-hybridized carbons (Fsp3) is 0.571. The summed E-state index contributed by atoms with van der Waals surface area (Å²) in [6.07, 6.45) is -2.73. The first-order valence-corrected chi connectivity index (χ1v) is 14.1. The molecule has 1 saturated heterocycles. The second kappa shape index (κ2) is 11.3. The molecule has 5 rings (SSSR count). The van der Waals surface area contributed by atoms with Gasteiger partial charge in [-0.1, -0.05) is 25.7 Å². The average Bonchev–Trinajstić information content (AvgIpc) is 3.90. The number of hydrogen-bond acceptors (Lipinski definition) is 7. The summed E-state index contributed by atoms with van der Waals surface area (Å²) in [5.74, 6) is -6.98. The molecule has 1 aromatic rings. The van der Waals surface area contributed by atoms with Crippen LogP contribution in [-0.4, -0.2) is 82.8 Å². The van der Waals surface area contributed by atoms with Gasteiger partial charge in [0, 0.05) is 19.5 Å². The van der Waals surface area contributed by atoms with E-state index in [1.165, 1.54) is 13.1 Å². The fourth-order valence-electron chi connectivity index (χ4n) is 5.76. The summed E-state index contributed by atoms with van der Waals surface area (Å²) in [5.41, 5.74) is 3.30. The number of rotatable bonds is 9. The number of benzene rings is 1. The molecular weight excluding hydrogens is 592 g/mol. The van der Waals surface area contributed by atoms with Gasteiger partial charge in [-0.2, -0.15) is 18.4 Å².